The van der Waals surface area contributed by atoms with Crippen molar-refractivity contribution in [2.24, 2.45) is 0 Å². The van der Waals surface area contributed by atoms with E-state index in [1.54, 1.807) is 36.9 Å². The summed E-state index contributed by atoms with van der Waals surface area (Å²) in [6.07, 6.45) is 7.04. The zero-order valence-corrected chi connectivity index (χ0v) is 17.7. The van der Waals surface area contributed by atoms with Gasteiger partial charge in [-0.25, -0.2) is 4.98 Å². The third-order valence-electron chi connectivity index (χ3n) is 5.49. The maximum atomic E-state index is 9.95. The molecule has 158 valence electrons. The van der Waals surface area contributed by atoms with E-state index in [4.69, 9.17) is 4.98 Å². The molecule has 0 atom stereocenters. The zero-order valence-electron chi connectivity index (χ0n) is 17.7. The average molecular weight is 429 g/mol. The number of aromatic nitrogens is 3. The molecule has 0 bridgehead atoms. The standard InChI is InChI=1S/C27H20BN3O2/c32-28(33)25-17-26(23-5-1-3-21(15-23)19-7-11-29-12-8-19)31-27(18-25)24-6-2-4-22(16-24)20-9-13-30-14-10-20/h1-18,32-33H. The lowest BCUT2D eigenvalue weighted by molar-refractivity contribution is 0.426. The number of nitrogens with zero attached hydrogens (tertiary/aromatic N) is 3. The Morgan fingerprint density at radius 2 is 0.909 bits per heavy atom. The van der Waals surface area contributed by atoms with E-state index >= 15 is 0 Å². The van der Waals surface area contributed by atoms with Gasteiger partial charge in [-0.2, -0.15) is 0 Å². The number of hydrogen-bond donors (Lipinski definition) is 2. The molecule has 0 saturated heterocycles. The van der Waals surface area contributed by atoms with Gasteiger partial charge in [0, 0.05) is 35.9 Å². The molecule has 0 aliphatic rings. The Balaban J connectivity index is 1.60. The number of pyridine rings is 3. The first-order valence-electron chi connectivity index (χ1n) is 10.6. The fourth-order valence-corrected chi connectivity index (χ4v) is 3.80. The Bertz CT molecular complexity index is 1290. The van der Waals surface area contributed by atoms with Crippen molar-refractivity contribution in [3.63, 3.8) is 0 Å². The van der Waals surface area contributed by atoms with Gasteiger partial charge in [0.25, 0.3) is 0 Å². The summed E-state index contributed by atoms with van der Waals surface area (Å²) < 4.78 is 0. The van der Waals surface area contributed by atoms with Crippen molar-refractivity contribution < 1.29 is 10.0 Å². The first-order valence-corrected chi connectivity index (χ1v) is 10.6. The fraction of sp³-hybridized carbons (Fsp3) is 0. The SMILES string of the molecule is OB(O)c1cc(-c2cccc(-c3ccncc3)c2)nc(-c2cccc(-c3ccncc3)c2)c1. The minimum atomic E-state index is -1.60. The number of benzene rings is 2. The molecule has 0 amide bonds. The Labute approximate surface area is 192 Å². The van der Waals surface area contributed by atoms with Gasteiger partial charge in [-0.1, -0.05) is 36.4 Å². The highest BCUT2D eigenvalue weighted by Crippen LogP contribution is 2.28. The second kappa shape index (κ2) is 9.16. The van der Waals surface area contributed by atoms with Gasteiger partial charge in [-0.15, -0.1) is 0 Å². The third kappa shape index (κ3) is 4.57. The van der Waals surface area contributed by atoms with Crippen LogP contribution >= 0.6 is 0 Å². The van der Waals surface area contributed by atoms with Gasteiger partial charge in [0.1, 0.15) is 0 Å². The second-order valence-electron chi connectivity index (χ2n) is 7.68. The van der Waals surface area contributed by atoms with Crippen LogP contribution in [0.3, 0.4) is 0 Å². The molecule has 3 heterocycles. The topological polar surface area (TPSA) is 79.1 Å². The number of rotatable bonds is 5. The summed E-state index contributed by atoms with van der Waals surface area (Å²) in [5.74, 6) is 0. The Kier molecular flexibility index (Phi) is 5.76. The quantitative estimate of drug-likeness (QED) is 0.409. The maximum absolute atomic E-state index is 9.95. The van der Waals surface area contributed by atoms with Crippen molar-refractivity contribution >= 4 is 12.6 Å². The van der Waals surface area contributed by atoms with E-state index < -0.39 is 7.12 Å². The van der Waals surface area contributed by atoms with E-state index in [1.807, 2.05) is 72.8 Å². The summed E-state index contributed by atoms with van der Waals surface area (Å²) in [5.41, 5.74) is 7.67. The first-order chi connectivity index (χ1) is 16.2. The molecule has 2 N–H and O–H groups in total. The highest BCUT2D eigenvalue weighted by Gasteiger charge is 2.16. The van der Waals surface area contributed by atoms with Crippen LogP contribution in [0.15, 0.2) is 110 Å². The van der Waals surface area contributed by atoms with E-state index in [2.05, 4.69) is 9.97 Å². The van der Waals surface area contributed by atoms with Gasteiger partial charge in [0.05, 0.1) is 11.4 Å². The van der Waals surface area contributed by atoms with Gasteiger partial charge < -0.3 is 10.0 Å². The van der Waals surface area contributed by atoms with Gasteiger partial charge in [-0.05, 0) is 76.2 Å². The molecule has 0 aliphatic carbocycles. The van der Waals surface area contributed by atoms with Crippen molar-refractivity contribution in [2.45, 2.75) is 0 Å². The van der Waals surface area contributed by atoms with Crippen molar-refractivity contribution in [2.75, 3.05) is 0 Å². The van der Waals surface area contributed by atoms with Crippen LogP contribution in [0.25, 0.3) is 44.8 Å². The Morgan fingerprint density at radius 1 is 0.485 bits per heavy atom. The lowest BCUT2D eigenvalue weighted by atomic mass is 9.79. The lowest BCUT2D eigenvalue weighted by Gasteiger charge is -2.11. The van der Waals surface area contributed by atoms with Crippen molar-refractivity contribution in [1.82, 2.24) is 15.0 Å². The van der Waals surface area contributed by atoms with Gasteiger partial charge in [0.2, 0.25) is 0 Å². The van der Waals surface area contributed by atoms with E-state index in [-0.39, 0.29) is 0 Å². The summed E-state index contributed by atoms with van der Waals surface area (Å²) in [7, 11) is -1.60. The molecule has 2 aromatic carbocycles. The molecule has 0 unspecified atom stereocenters. The molecule has 0 fully saturated rings. The maximum Gasteiger partial charge on any atom is 0.488 e. The largest absolute Gasteiger partial charge is 0.488 e. The summed E-state index contributed by atoms with van der Waals surface area (Å²) in [4.78, 5) is 13.0. The van der Waals surface area contributed by atoms with Crippen LogP contribution in [0.4, 0.5) is 0 Å². The first kappa shape index (κ1) is 20.8. The monoisotopic (exact) mass is 429 g/mol. The molecular formula is C27H20BN3O2. The Morgan fingerprint density at radius 3 is 1.33 bits per heavy atom. The van der Waals surface area contributed by atoms with Crippen LogP contribution in [-0.4, -0.2) is 32.1 Å². The zero-order chi connectivity index (χ0) is 22.6. The van der Waals surface area contributed by atoms with Gasteiger partial charge in [0.15, 0.2) is 0 Å². The van der Waals surface area contributed by atoms with E-state index in [0.717, 1.165) is 33.4 Å². The van der Waals surface area contributed by atoms with E-state index in [0.29, 0.717) is 16.9 Å². The van der Waals surface area contributed by atoms with E-state index in [1.165, 1.54) is 0 Å². The van der Waals surface area contributed by atoms with Crippen molar-refractivity contribution in [1.29, 1.82) is 0 Å². The van der Waals surface area contributed by atoms with Gasteiger partial charge in [-0.3, -0.25) is 9.97 Å². The fourth-order valence-electron chi connectivity index (χ4n) is 3.80. The molecule has 5 rings (SSSR count). The highest BCUT2D eigenvalue weighted by molar-refractivity contribution is 6.58. The molecule has 5 nitrogen and oxygen atoms in total. The molecule has 33 heavy (non-hydrogen) atoms. The predicted molar refractivity (Wildman–Crippen MR) is 131 cm³/mol. The normalized spacial score (nSPS) is 10.7. The molecule has 6 heteroatoms. The lowest BCUT2D eigenvalue weighted by Crippen LogP contribution is -2.30. The summed E-state index contributed by atoms with van der Waals surface area (Å²) >= 11 is 0. The van der Waals surface area contributed by atoms with Crippen molar-refractivity contribution in [3.05, 3.63) is 110 Å². The van der Waals surface area contributed by atoms with Crippen LogP contribution < -0.4 is 5.46 Å². The molecule has 3 aromatic heterocycles. The summed E-state index contributed by atoms with van der Waals surface area (Å²) in [5, 5.41) is 19.9. The smallest absolute Gasteiger partial charge is 0.423 e. The van der Waals surface area contributed by atoms with Crippen LogP contribution in [0.2, 0.25) is 0 Å². The minimum absolute atomic E-state index is 0.388. The Hall–Kier alpha value is -4.13. The minimum Gasteiger partial charge on any atom is -0.423 e. The second-order valence-corrected chi connectivity index (χ2v) is 7.68. The van der Waals surface area contributed by atoms with Crippen LogP contribution in [0, 0.1) is 0 Å². The van der Waals surface area contributed by atoms with Crippen LogP contribution in [-0.2, 0) is 0 Å². The van der Waals surface area contributed by atoms with Crippen LogP contribution in [0.5, 0.6) is 0 Å². The molecule has 0 saturated carbocycles. The molecule has 5 aromatic rings. The van der Waals surface area contributed by atoms with E-state index in [9.17, 15) is 10.0 Å². The summed E-state index contributed by atoms with van der Waals surface area (Å²) in [6, 6.07) is 27.3. The molecule has 0 spiro atoms. The molecule has 0 aliphatic heterocycles. The van der Waals surface area contributed by atoms with Crippen molar-refractivity contribution in [3.8, 4) is 44.8 Å². The van der Waals surface area contributed by atoms with Crippen LogP contribution in [0.1, 0.15) is 0 Å². The highest BCUT2D eigenvalue weighted by atomic mass is 16.4. The predicted octanol–water partition coefficient (Wildman–Crippen LogP) is 4.22. The number of hydrogen-bond acceptors (Lipinski definition) is 5. The summed E-state index contributed by atoms with van der Waals surface area (Å²) in [6.45, 7) is 0. The third-order valence-corrected chi connectivity index (χ3v) is 5.49. The van der Waals surface area contributed by atoms with Gasteiger partial charge >= 0.3 is 7.12 Å². The molecular weight excluding hydrogens is 409 g/mol. The molecule has 0 radical (unpaired) electrons. The average Bonchev–Trinajstić information content (AvgIpc) is 2.89.